The van der Waals surface area contributed by atoms with Gasteiger partial charge in [-0.05, 0) is 76.1 Å². The van der Waals surface area contributed by atoms with Crippen molar-refractivity contribution in [2.45, 2.75) is 76.7 Å². The van der Waals surface area contributed by atoms with Gasteiger partial charge in [0, 0.05) is 41.7 Å². The van der Waals surface area contributed by atoms with E-state index in [-0.39, 0.29) is 36.0 Å². The average molecular weight is 625 g/mol. The van der Waals surface area contributed by atoms with Crippen molar-refractivity contribution in [2.24, 2.45) is 11.7 Å². The number of amides is 2. The van der Waals surface area contributed by atoms with E-state index in [2.05, 4.69) is 27.0 Å². The fourth-order valence-electron chi connectivity index (χ4n) is 7.29. The molecule has 2 amide bonds. The molecule has 1 saturated carbocycles. The molecule has 3 fully saturated rings. The second-order valence-electron chi connectivity index (χ2n) is 12.7. The maximum atomic E-state index is 13.8. The van der Waals surface area contributed by atoms with Crippen LogP contribution in [0.3, 0.4) is 0 Å². The van der Waals surface area contributed by atoms with Crippen molar-refractivity contribution in [1.29, 1.82) is 0 Å². The Morgan fingerprint density at radius 3 is 2.69 bits per heavy atom. The van der Waals surface area contributed by atoms with Crippen LogP contribution in [0.5, 0.6) is 5.88 Å². The maximum absolute atomic E-state index is 13.8. The van der Waals surface area contributed by atoms with Gasteiger partial charge in [-0.25, -0.2) is 9.97 Å². The Hall–Kier alpha value is -4.29. The van der Waals surface area contributed by atoms with E-state index in [9.17, 15) is 9.59 Å². The zero-order valence-electron chi connectivity index (χ0n) is 25.6. The highest BCUT2D eigenvalue weighted by atomic mass is 32.1. The zero-order valence-corrected chi connectivity index (χ0v) is 26.4. The van der Waals surface area contributed by atoms with Gasteiger partial charge < -0.3 is 25.3 Å². The number of carbonyl (C=O) groups excluding carboxylic acids is 2. The number of rotatable bonds is 8. The normalized spacial score (nSPS) is 21.6. The van der Waals surface area contributed by atoms with E-state index in [4.69, 9.17) is 20.4 Å². The number of ether oxygens (including phenoxy) is 1. The van der Waals surface area contributed by atoms with Gasteiger partial charge >= 0.3 is 0 Å². The molecule has 0 aromatic carbocycles. The second-order valence-corrected chi connectivity index (χ2v) is 13.6. The first-order valence-corrected chi connectivity index (χ1v) is 16.5. The minimum atomic E-state index is -0.283. The van der Waals surface area contributed by atoms with Crippen molar-refractivity contribution in [3.63, 3.8) is 0 Å². The highest BCUT2D eigenvalue weighted by molar-refractivity contribution is 7.11. The molecular weight excluding hydrogens is 588 g/mol. The van der Waals surface area contributed by atoms with Gasteiger partial charge in [-0.1, -0.05) is 0 Å². The molecule has 2 bridgehead atoms. The summed E-state index contributed by atoms with van der Waals surface area (Å²) in [5.74, 6) is 0.994. The molecule has 12 heteroatoms. The smallest absolute Gasteiger partial charge is 0.263 e. The standard InChI is InChI=1S/C33H36N8O3S/c1-17(36-32(42)27-14-35-16-45-27)24-8-6-20-10-26(39(31(20)37-24)15-19-4-5-19)30-18(2)40-28(38-30)11-21(12-29(40)44-3)33(43)41-22-7-9-25(41)23(34)13-22/h6,8,10-12,14,16-17,19,22-23,25H,4-5,7,9,13,15,34H2,1-3H3,(H,36,42)/t17-,22+,23-,25-/m1/s1. The minimum absolute atomic E-state index is 0.00502. The summed E-state index contributed by atoms with van der Waals surface area (Å²) in [7, 11) is 1.63. The summed E-state index contributed by atoms with van der Waals surface area (Å²) in [5.41, 5.74) is 13.6. The molecule has 8 rings (SSSR count). The first-order chi connectivity index (χ1) is 21.8. The van der Waals surface area contributed by atoms with E-state index in [1.165, 1.54) is 24.2 Å². The highest BCUT2D eigenvalue weighted by Gasteiger charge is 2.47. The number of hydrogen-bond acceptors (Lipinski definition) is 8. The monoisotopic (exact) mass is 624 g/mol. The lowest BCUT2D eigenvalue weighted by Gasteiger charge is -2.23. The Labute approximate surface area is 264 Å². The van der Waals surface area contributed by atoms with Crippen molar-refractivity contribution < 1.29 is 14.3 Å². The van der Waals surface area contributed by atoms with Crippen LogP contribution < -0.4 is 15.8 Å². The molecule has 2 aliphatic heterocycles. The van der Waals surface area contributed by atoms with Crippen LogP contribution >= 0.6 is 11.3 Å². The molecule has 0 unspecified atom stereocenters. The summed E-state index contributed by atoms with van der Waals surface area (Å²) in [6.45, 7) is 4.82. The van der Waals surface area contributed by atoms with Gasteiger partial charge in [0.1, 0.15) is 21.9 Å². The van der Waals surface area contributed by atoms with Crippen molar-refractivity contribution in [3.05, 3.63) is 63.9 Å². The minimum Gasteiger partial charge on any atom is -0.482 e. The molecule has 11 nitrogen and oxygen atoms in total. The summed E-state index contributed by atoms with van der Waals surface area (Å²) >= 11 is 1.31. The summed E-state index contributed by atoms with van der Waals surface area (Å²) in [6.07, 6.45) is 6.78. The number of carbonyl (C=O) groups is 2. The van der Waals surface area contributed by atoms with E-state index in [0.717, 1.165) is 59.6 Å². The lowest BCUT2D eigenvalue weighted by atomic mass is 9.97. The number of hydrogen-bond donors (Lipinski definition) is 2. The Morgan fingerprint density at radius 2 is 2.00 bits per heavy atom. The van der Waals surface area contributed by atoms with E-state index in [1.54, 1.807) is 18.8 Å². The summed E-state index contributed by atoms with van der Waals surface area (Å²) in [6, 6.07) is 9.95. The molecule has 232 valence electrons. The van der Waals surface area contributed by atoms with Crippen molar-refractivity contribution in [2.75, 3.05) is 7.11 Å². The Bertz CT molecular complexity index is 1960. The fraction of sp³-hybridized carbons (Fsp3) is 0.424. The number of aromatic nitrogens is 5. The molecule has 3 N–H and O–H groups in total. The number of nitrogens with two attached hydrogens (primary N) is 1. The zero-order chi connectivity index (χ0) is 31.0. The molecule has 7 heterocycles. The Morgan fingerprint density at radius 1 is 1.16 bits per heavy atom. The van der Waals surface area contributed by atoms with Crippen LogP contribution in [-0.4, -0.2) is 65.9 Å². The van der Waals surface area contributed by atoms with Crippen molar-refractivity contribution in [3.8, 4) is 17.3 Å². The van der Waals surface area contributed by atoms with Gasteiger partial charge in [-0.2, -0.15) is 0 Å². The molecule has 1 aliphatic carbocycles. The van der Waals surface area contributed by atoms with Crippen LogP contribution in [-0.2, 0) is 6.54 Å². The van der Waals surface area contributed by atoms with Crippen LogP contribution in [0.1, 0.15) is 76.5 Å². The van der Waals surface area contributed by atoms with Gasteiger partial charge in [0.05, 0.1) is 41.9 Å². The quantitative estimate of drug-likeness (QED) is 0.255. The molecule has 4 atom stereocenters. The van der Waals surface area contributed by atoms with Crippen LogP contribution in [0.15, 0.2) is 42.0 Å². The van der Waals surface area contributed by atoms with Gasteiger partial charge in [0.25, 0.3) is 11.8 Å². The summed E-state index contributed by atoms with van der Waals surface area (Å²) in [4.78, 5) is 43.3. The molecule has 2 saturated heterocycles. The van der Waals surface area contributed by atoms with E-state index >= 15 is 0 Å². The van der Waals surface area contributed by atoms with Crippen LogP contribution in [0.25, 0.3) is 28.1 Å². The first-order valence-electron chi connectivity index (χ1n) is 15.7. The number of nitrogens with zero attached hydrogens (tertiary/aromatic N) is 6. The summed E-state index contributed by atoms with van der Waals surface area (Å²) in [5, 5.41) is 4.06. The van der Waals surface area contributed by atoms with E-state index < -0.39 is 0 Å². The molecule has 3 aliphatic rings. The predicted molar refractivity (Wildman–Crippen MR) is 171 cm³/mol. The fourth-order valence-corrected chi connectivity index (χ4v) is 7.81. The number of thiazole rings is 1. The predicted octanol–water partition coefficient (Wildman–Crippen LogP) is 4.73. The lowest BCUT2D eigenvalue weighted by molar-refractivity contribution is 0.0725. The van der Waals surface area contributed by atoms with Crippen molar-refractivity contribution >= 4 is 39.8 Å². The first kappa shape index (κ1) is 28.2. The third-order valence-electron chi connectivity index (χ3n) is 9.79. The van der Waals surface area contributed by atoms with E-state index in [1.807, 2.05) is 41.3 Å². The summed E-state index contributed by atoms with van der Waals surface area (Å²) < 4.78 is 10.1. The van der Waals surface area contributed by atoms with Gasteiger partial charge in [0.15, 0.2) is 5.88 Å². The molecule has 0 spiro atoms. The molecule has 5 aromatic rings. The Kier molecular flexibility index (Phi) is 6.68. The largest absolute Gasteiger partial charge is 0.482 e. The lowest BCUT2D eigenvalue weighted by Crippen LogP contribution is -2.40. The van der Waals surface area contributed by atoms with Gasteiger partial charge in [-0.15, -0.1) is 11.3 Å². The number of imidazole rings is 1. The molecular formula is C33H36N8O3S. The molecule has 5 aromatic heterocycles. The third kappa shape index (κ3) is 4.69. The SMILES string of the molecule is COc1cc(C(=O)N2[C@H]3CC[C@@H]2[C@H](N)C3)cc2nc(-c3cc4ccc([C@@H](C)NC(=O)c5cncs5)nc4n3CC3CC3)c(C)n12. The molecule has 45 heavy (non-hydrogen) atoms. The van der Waals surface area contributed by atoms with E-state index in [0.29, 0.717) is 27.9 Å². The third-order valence-corrected chi connectivity index (χ3v) is 10.6. The average Bonchev–Trinajstić information content (AvgIpc) is 3.46. The topological polar surface area (TPSA) is 133 Å². The van der Waals surface area contributed by atoms with Crippen LogP contribution in [0.2, 0.25) is 0 Å². The Balaban J connectivity index is 1.19. The number of fused-ring (bicyclic) bond motifs is 4. The van der Waals surface area contributed by atoms with Gasteiger partial charge in [-0.3, -0.25) is 19.0 Å². The number of pyridine rings is 2. The van der Waals surface area contributed by atoms with Gasteiger partial charge in [0.2, 0.25) is 0 Å². The maximum Gasteiger partial charge on any atom is 0.263 e. The second kappa shape index (κ2) is 10.7. The van der Waals surface area contributed by atoms with Crippen molar-refractivity contribution in [1.82, 2.24) is 34.1 Å². The van der Waals surface area contributed by atoms with Crippen LogP contribution in [0, 0.1) is 12.8 Å². The van der Waals surface area contributed by atoms with Crippen LogP contribution in [0.4, 0.5) is 0 Å². The highest BCUT2D eigenvalue weighted by Crippen LogP contribution is 2.40. The molecule has 0 radical (unpaired) electrons. The number of methoxy groups -OCH3 is 1. The number of nitrogens with one attached hydrogen (secondary N) is 1. The number of aryl methyl sites for hydroxylation is 1.